The molecule has 2 aromatic rings. The maximum absolute atomic E-state index is 5.47. The molecular formula is C19H26N2OS. The van der Waals surface area contributed by atoms with Gasteiger partial charge in [-0.05, 0) is 55.1 Å². The second-order valence-corrected chi connectivity index (χ2v) is 7.40. The summed E-state index contributed by atoms with van der Waals surface area (Å²) in [6.45, 7) is 8.78. The van der Waals surface area contributed by atoms with Crippen LogP contribution in [0.25, 0.3) is 0 Å². The van der Waals surface area contributed by atoms with E-state index in [1.54, 1.807) is 6.26 Å². The molecule has 23 heavy (non-hydrogen) atoms. The van der Waals surface area contributed by atoms with E-state index in [0.29, 0.717) is 0 Å². The molecule has 2 heterocycles. The molecule has 0 atom stereocenters. The molecule has 0 radical (unpaired) electrons. The first kappa shape index (κ1) is 16.6. The zero-order valence-electron chi connectivity index (χ0n) is 13.9. The minimum Gasteiger partial charge on any atom is -0.468 e. The molecule has 0 aliphatic carbocycles. The third-order valence-electron chi connectivity index (χ3n) is 4.28. The second-order valence-electron chi connectivity index (χ2n) is 6.06. The molecule has 0 spiro atoms. The van der Waals surface area contributed by atoms with E-state index in [2.05, 4.69) is 47.1 Å². The number of hydrogen-bond acceptors (Lipinski definition) is 4. The maximum atomic E-state index is 5.47. The minimum atomic E-state index is 0.934. The average molecular weight is 330 g/mol. The molecule has 1 aromatic heterocycles. The Morgan fingerprint density at radius 2 is 1.70 bits per heavy atom. The van der Waals surface area contributed by atoms with Crippen LogP contribution in [0.4, 0.5) is 0 Å². The van der Waals surface area contributed by atoms with E-state index in [1.165, 1.54) is 23.4 Å². The van der Waals surface area contributed by atoms with Gasteiger partial charge in [0.25, 0.3) is 0 Å². The lowest BCUT2D eigenvalue weighted by Gasteiger charge is -2.21. The molecule has 1 aliphatic rings. The standard InChI is InChI=1S/C19H26N2OS/c1-2-23-19-8-6-17(7-9-19)15-20-10-4-11-21(13-12-20)16-18-5-3-14-22-18/h3,5-9,14H,2,4,10-13,15-16H2,1H3. The molecule has 0 unspecified atom stereocenters. The van der Waals surface area contributed by atoms with Gasteiger partial charge in [-0.1, -0.05) is 19.1 Å². The predicted molar refractivity (Wildman–Crippen MR) is 96.7 cm³/mol. The van der Waals surface area contributed by atoms with Gasteiger partial charge in [-0.3, -0.25) is 9.80 Å². The van der Waals surface area contributed by atoms with Crippen molar-refractivity contribution in [2.24, 2.45) is 0 Å². The van der Waals surface area contributed by atoms with Crippen LogP contribution in [-0.2, 0) is 13.1 Å². The van der Waals surface area contributed by atoms with Crippen molar-refractivity contribution >= 4 is 11.8 Å². The number of thioether (sulfide) groups is 1. The van der Waals surface area contributed by atoms with Crippen LogP contribution in [0.5, 0.6) is 0 Å². The van der Waals surface area contributed by atoms with Crippen LogP contribution in [0.2, 0.25) is 0 Å². The zero-order valence-corrected chi connectivity index (χ0v) is 14.7. The Morgan fingerprint density at radius 1 is 0.957 bits per heavy atom. The number of furan rings is 1. The molecular weight excluding hydrogens is 304 g/mol. The van der Waals surface area contributed by atoms with Crippen LogP contribution in [0.1, 0.15) is 24.7 Å². The molecule has 0 saturated carbocycles. The van der Waals surface area contributed by atoms with Gasteiger partial charge in [-0.15, -0.1) is 11.8 Å². The highest BCUT2D eigenvalue weighted by molar-refractivity contribution is 7.99. The number of rotatable bonds is 6. The Kier molecular flexibility index (Phi) is 6.20. The molecule has 1 aromatic carbocycles. The van der Waals surface area contributed by atoms with Crippen LogP contribution < -0.4 is 0 Å². The summed E-state index contributed by atoms with van der Waals surface area (Å²) >= 11 is 1.91. The fourth-order valence-electron chi connectivity index (χ4n) is 3.08. The van der Waals surface area contributed by atoms with Gasteiger partial charge >= 0.3 is 0 Å². The van der Waals surface area contributed by atoms with Crippen molar-refractivity contribution < 1.29 is 4.42 Å². The summed E-state index contributed by atoms with van der Waals surface area (Å²) in [6, 6.07) is 13.1. The molecule has 124 valence electrons. The Morgan fingerprint density at radius 3 is 2.35 bits per heavy atom. The van der Waals surface area contributed by atoms with E-state index < -0.39 is 0 Å². The Labute approximate surface area is 143 Å². The molecule has 1 aliphatic heterocycles. The van der Waals surface area contributed by atoms with E-state index in [4.69, 9.17) is 4.42 Å². The van der Waals surface area contributed by atoms with Gasteiger partial charge in [0.2, 0.25) is 0 Å². The summed E-state index contributed by atoms with van der Waals surface area (Å²) in [5.74, 6) is 2.21. The summed E-state index contributed by atoms with van der Waals surface area (Å²) in [6.07, 6.45) is 2.99. The topological polar surface area (TPSA) is 19.6 Å². The van der Waals surface area contributed by atoms with Crippen molar-refractivity contribution in [1.29, 1.82) is 0 Å². The summed E-state index contributed by atoms with van der Waals surface area (Å²) in [5, 5.41) is 0. The predicted octanol–water partition coefficient (Wildman–Crippen LogP) is 4.10. The first-order valence-electron chi connectivity index (χ1n) is 8.52. The van der Waals surface area contributed by atoms with Gasteiger partial charge in [0, 0.05) is 24.5 Å². The Hall–Kier alpha value is -1.23. The lowest BCUT2D eigenvalue weighted by Crippen LogP contribution is -2.30. The van der Waals surface area contributed by atoms with Crippen molar-refractivity contribution in [3.63, 3.8) is 0 Å². The van der Waals surface area contributed by atoms with E-state index in [1.807, 2.05) is 17.8 Å². The first-order chi connectivity index (χ1) is 11.3. The summed E-state index contributed by atoms with van der Waals surface area (Å²) in [5.41, 5.74) is 1.42. The van der Waals surface area contributed by atoms with Crippen molar-refractivity contribution in [1.82, 2.24) is 9.80 Å². The van der Waals surface area contributed by atoms with Crippen LogP contribution in [-0.4, -0.2) is 41.7 Å². The quantitative estimate of drug-likeness (QED) is 0.743. The fraction of sp³-hybridized carbons (Fsp3) is 0.474. The van der Waals surface area contributed by atoms with E-state index in [-0.39, 0.29) is 0 Å². The SMILES string of the molecule is CCSc1ccc(CN2CCCN(Cc3ccco3)CC2)cc1. The van der Waals surface area contributed by atoms with Crippen molar-refractivity contribution in [3.05, 3.63) is 54.0 Å². The maximum Gasteiger partial charge on any atom is 0.117 e. The highest BCUT2D eigenvalue weighted by Crippen LogP contribution is 2.19. The van der Waals surface area contributed by atoms with Crippen molar-refractivity contribution in [2.45, 2.75) is 31.3 Å². The third kappa shape index (κ3) is 5.13. The van der Waals surface area contributed by atoms with Gasteiger partial charge < -0.3 is 4.42 Å². The second kappa shape index (κ2) is 8.57. The van der Waals surface area contributed by atoms with E-state index in [0.717, 1.165) is 44.2 Å². The van der Waals surface area contributed by atoms with Gasteiger partial charge in [-0.2, -0.15) is 0 Å². The Balaban J connectivity index is 1.49. The third-order valence-corrected chi connectivity index (χ3v) is 5.18. The van der Waals surface area contributed by atoms with Crippen LogP contribution >= 0.6 is 11.8 Å². The molecule has 0 bridgehead atoms. The summed E-state index contributed by atoms with van der Waals surface area (Å²) in [4.78, 5) is 6.45. The van der Waals surface area contributed by atoms with Crippen LogP contribution in [0.3, 0.4) is 0 Å². The highest BCUT2D eigenvalue weighted by atomic mass is 32.2. The van der Waals surface area contributed by atoms with Crippen molar-refractivity contribution in [2.75, 3.05) is 31.9 Å². The smallest absolute Gasteiger partial charge is 0.117 e. The summed E-state index contributed by atoms with van der Waals surface area (Å²) in [7, 11) is 0. The lowest BCUT2D eigenvalue weighted by atomic mass is 10.2. The molecule has 1 fully saturated rings. The molecule has 4 heteroatoms. The summed E-state index contributed by atoms with van der Waals surface area (Å²) < 4.78 is 5.47. The van der Waals surface area contributed by atoms with Gasteiger partial charge in [0.1, 0.15) is 5.76 Å². The fourth-order valence-corrected chi connectivity index (χ4v) is 3.74. The average Bonchev–Trinajstić information content (AvgIpc) is 2.97. The monoisotopic (exact) mass is 330 g/mol. The molecule has 0 amide bonds. The van der Waals surface area contributed by atoms with Gasteiger partial charge in [0.05, 0.1) is 12.8 Å². The number of benzene rings is 1. The lowest BCUT2D eigenvalue weighted by molar-refractivity contribution is 0.234. The van der Waals surface area contributed by atoms with E-state index in [9.17, 15) is 0 Å². The first-order valence-corrected chi connectivity index (χ1v) is 9.51. The zero-order chi connectivity index (χ0) is 15.9. The number of hydrogen-bond donors (Lipinski definition) is 0. The molecule has 0 N–H and O–H groups in total. The molecule has 1 saturated heterocycles. The van der Waals surface area contributed by atoms with Gasteiger partial charge in [0.15, 0.2) is 0 Å². The minimum absolute atomic E-state index is 0.934. The molecule has 3 nitrogen and oxygen atoms in total. The largest absolute Gasteiger partial charge is 0.468 e. The van der Waals surface area contributed by atoms with Gasteiger partial charge in [-0.25, -0.2) is 0 Å². The highest BCUT2D eigenvalue weighted by Gasteiger charge is 2.16. The van der Waals surface area contributed by atoms with Crippen LogP contribution in [0.15, 0.2) is 52.0 Å². The number of nitrogens with zero attached hydrogens (tertiary/aromatic N) is 2. The normalized spacial score (nSPS) is 17.3. The molecule has 3 rings (SSSR count). The van der Waals surface area contributed by atoms with E-state index >= 15 is 0 Å². The van der Waals surface area contributed by atoms with Crippen LogP contribution in [0, 0.1) is 0 Å². The van der Waals surface area contributed by atoms with Crippen molar-refractivity contribution in [3.8, 4) is 0 Å². The Bertz CT molecular complexity index is 568.